The number of hydrogen-bond donors (Lipinski definition) is 0. The molecule has 0 aromatic heterocycles. The van der Waals surface area contributed by atoms with Crippen LogP contribution in [0.15, 0.2) is 24.3 Å². The van der Waals surface area contributed by atoms with E-state index in [-0.39, 0.29) is 0 Å². The Bertz CT molecular complexity index is 142. The topological polar surface area (TPSA) is 0 Å². The third kappa shape index (κ3) is 6.21. The van der Waals surface area contributed by atoms with Gasteiger partial charge in [-0.2, -0.15) is 0 Å². The minimum absolute atomic E-state index is 0.931. The fraction of sp³-hybridized carbons (Fsp3) is 0.667. The van der Waals surface area contributed by atoms with Crippen LogP contribution in [0.2, 0.25) is 0 Å². The number of unbranched alkanes of at least 4 members (excludes halogenated alkanes) is 1. The molecule has 1 aliphatic carbocycles. The first-order valence-corrected chi connectivity index (χ1v) is 5.06. The molecule has 1 unspecified atom stereocenters. The number of rotatable bonds is 3. The highest BCUT2D eigenvalue weighted by atomic mass is 14.3. The van der Waals surface area contributed by atoms with Gasteiger partial charge in [0.25, 0.3) is 0 Å². The molecule has 1 rings (SSSR count). The molecule has 0 aromatic rings. The molecule has 1 aliphatic rings. The van der Waals surface area contributed by atoms with Crippen LogP contribution in [-0.2, 0) is 0 Å². The van der Waals surface area contributed by atoms with Gasteiger partial charge in [0.15, 0.2) is 0 Å². The highest BCUT2D eigenvalue weighted by molar-refractivity contribution is 5.21. The van der Waals surface area contributed by atoms with E-state index in [1.807, 2.05) is 6.08 Å². The Kier molecular flexibility index (Phi) is 6.84. The Morgan fingerprint density at radius 3 is 2.17 bits per heavy atom. The van der Waals surface area contributed by atoms with E-state index in [4.69, 9.17) is 0 Å². The summed E-state index contributed by atoms with van der Waals surface area (Å²) in [7, 11) is 0. The largest absolute Gasteiger partial charge is 0.103 e. The molecule has 0 saturated heterocycles. The summed E-state index contributed by atoms with van der Waals surface area (Å²) in [6.07, 6.45) is 9.24. The Balaban J connectivity index is 0.000000217. The summed E-state index contributed by atoms with van der Waals surface area (Å²) in [5, 5.41) is 0. The van der Waals surface area contributed by atoms with E-state index in [1.54, 1.807) is 5.57 Å². The van der Waals surface area contributed by atoms with Gasteiger partial charge >= 0.3 is 0 Å². The summed E-state index contributed by atoms with van der Waals surface area (Å²) in [6, 6.07) is 0. The second-order valence-corrected chi connectivity index (χ2v) is 3.37. The lowest BCUT2D eigenvalue weighted by Gasteiger charge is -1.72. The van der Waals surface area contributed by atoms with Crippen molar-refractivity contribution >= 4 is 0 Å². The van der Waals surface area contributed by atoms with Crippen molar-refractivity contribution in [2.45, 2.75) is 46.5 Å². The van der Waals surface area contributed by atoms with Crippen LogP contribution in [0.25, 0.3) is 0 Å². The van der Waals surface area contributed by atoms with Crippen molar-refractivity contribution in [3.8, 4) is 0 Å². The molecule has 0 spiro atoms. The molecule has 12 heavy (non-hydrogen) atoms. The highest BCUT2D eigenvalue weighted by Gasteiger charge is 2.22. The average Bonchev–Trinajstić information content (AvgIpc) is 2.70. The van der Waals surface area contributed by atoms with Crippen molar-refractivity contribution in [1.82, 2.24) is 0 Å². The minimum Gasteiger partial charge on any atom is -0.103 e. The number of hydrogen-bond acceptors (Lipinski definition) is 0. The lowest BCUT2D eigenvalue weighted by molar-refractivity contribution is 0.961. The zero-order valence-electron chi connectivity index (χ0n) is 8.77. The molecule has 0 heteroatoms. The predicted molar refractivity (Wildman–Crippen MR) is 57.3 cm³/mol. The molecular formula is C12H22. The first-order valence-electron chi connectivity index (χ1n) is 5.06. The fourth-order valence-electron chi connectivity index (χ4n) is 1.05. The van der Waals surface area contributed by atoms with Crippen molar-refractivity contribution < 1.29 is 0 Å². The molecule has 0 N–H and O–H groups in total. The molecule has 0 nitrogen and oxygen atoms in total. The van der Waals surface area contributed by atoms with Gasteiger partial charge in [-0.05, 0) is 25.2 Å². The van der Waals surface area contributed by atoms with E-state index in [9.17, 15) is 0 Å². The van der Waals surface area contributed by atoms with Crippen molar-refractivity contribution in [3.05, 3.63) is 24.3 Å². The molecule has 0 heterocycles. The molecule has 70 valence electrons. The molecule has 1 saturated carbocycles. The van der Waals surface area contributed by atoms with Gasteiger partial charge in [0.05, 0.1) is 0 Å². The van der Waals surface area contributed by atoms with Crippen LogP contribution in [0.5, 0.6) is 0 Å². The van der Waals surface area contributed by atoms with E-state index in [0.717, 1.165) is 12.3 Å². The molecular weight excluding hydrogens is 144 g/mol. The zero-order valence-corrected chi connectivity index (χ0v) is 8.77. The van der Waals surface area contributed by atoms with Gasteiger partial charge in [-0.1, -0.05) is 44.9 Å². The molecule has 1 atom stereocenters. The van der Waals surface area contributed by atoms with E-state index in [1.165, 1.54) is 19.3 Å². The van der Waals surface area contributed by atoms with Gasteiger partial charge < -0.3 is 0 Å². The van der Waals surface area contributed by atoms with Gasteiger partial charge in [0.2, 0.25) is 0 Å². The van der Waals surface area contributed by atoms with E-state index in [2.05, 4.69) is 33.4 Å². The average molecular weight is 166 g/mol. The Hall–Kier alpha value is -0.520. The van der Waals surface area contributed by atoms with Crippen LogP contribution in [-0.4, -0.2) is 0 Å². The summed E-state index contributed by atoms with van der Waals surface area (Å²) in [4.78, 5) is 0. The maximum Gasteiger partial charge on any atom is -0.0194 e. The van der Waals surface area contributed by atoms with Gasteiger partial charge in [0, 0.05) is 0 Å². The maximum absolute atomic E-state index is 3.55. The van der Waals surface area contributed by atoms with E-state index in [0.29, 0.717) is 0 Å². The molecule has 0 aromatic carbocycles. The van der Waals surface area contributed by atoms with Crippen LogP contribution in [0, 0.1) is 5.92 Å². The van der Waals surface area contributed by atoms with Crippen LogP contribution in [0.1, 0.15) is 46.5 Å². The smallest absolute Gasteiger partial charge is 0.0194 e. The van der Waals surface area contributed by atoms with Crippen LogP contribution in [0.4, 0.5) is 0 Å². The summed E-state index contributed by atoms with van der Waals surface area (Å²) in [5.74, 6) is 0.931. The van der Waals surface area contributed by atoms with Gasteiger partial charge in [-0.3, -0.25) is 0 Å². The van der Waals surface area contributed by atoms with Crippen LogP contribution < -0.4 is 0 Å². The normalized spacial score (nSPS) is 22.9. The molecule has 0 bridgehead atoms. The first-order chi connectivity index (χ1) is 5.76. The van der Waals surface area contributed by atoms with E-state index >= 15 is 0 Å². The second kappa shape index (κ2) is 7.15. The van der Waals surface area contributed by atoms with Crippen LogP contribution in [0.3, 0.4) is 0 Å². The lowest BCUT2D eigenvalue weighted by Crippen LogP contribution is -1.54. The van der Waals surface area contributed by atoms with Crippen molar-refractivity contribution in [2.24, 2.45) is 5.92 Å². The Labute approximate surface area is 77.4 Å². The first kappa shape index (κ1) is 11.5. The van der Waals surface area contributed by atoms with Gasteiger partial charge in [-0.25, -0.2) is 0 Å². The predicted octanol–water partition coefficient (Wildman–Crippen LogP) is 4.34. The third-order valence-corrected chi connectivity index (χ3v) is 1.97. The quantitative estimate of drug-likeness (QED) is 0.547. The van der Waals surface area contributed by atoms with Gasteiger partial charge in [0.1, 0.15) is 0 Å². The summed E-state index contributed by atoms with van der Waals surface area (Å²) < 4.78 is 0. The zero-order chi connectivity index (χ0) is 9.40. The molecule has 0 radical (unpaired) electrons. The molecule has 0 aliphatic heterocycles. The SMILES string of the molecule is C=CCCC.CCC=C1CC1C. The van der Waals surface area contributed by atoms with Crippen molar-refractivity contribution in [2.75, 3.05) is 0 Å². The van der Waals surface area contributed by atoms with E-state index < -0.39 is 0 Å². The maximum atomic E-state index is 3.55. The summed E-state index contributed by atoms with van der Waals surface area (Å²) in [5.41, 5.74) is 1.67. The highest BCUT2D eigenvalue weighted by Crippen LogP contribution is 2.36. The second-order valence-electron chi connectivity index (χ2n) is 3.37. The van der Waals surface area contributed by atoms with Crippen LogP contribution >= 0.6 is 0 Å². The monoisotopic (exact) mass is 166 g/mol. The molecule has 1 fully saturated rings. The summed E-state index contributed by atoms with van der Waals surface area (Å²) >= 11 is 0. The Morgan fingerprint density at radius 2 is 2.08 bits per heavy atom. The van der Waals surface area contributed by atoms with Gasteiger partial charge in [-0.15, -0.1) is 6.58 Å². The van der Waals surface area contributed by atoms with Crippen molar-refractivity contribution in [3.63, 3.8) is 0 Å². The molecule has 0 amide bonds. The van der Waals surface area contributed by atoms with Crippen molar-refractivity contribution in [1.29, 1.82) is 0 Å². The summed E-state index contributed by atoms with van der Waals surface area (Å²) in [6.45, 7) is 10.2. The fourth-order valence-corrected chi connectivity index (χ4v) is 1.05. The Morgan fingerprint density at radius 1 is 1.50 bits per heavy atom. The lowest BCUT2D eigenvalue weighted by atomic mass is 10.3. The standard InChI is InChI=1S/C7H12.C5H10/c1-3-4-7-5-6(7)2;1-3-5-4-2/h4,6H,3,5H2,1-2H3;3H,1,4-5H2,2H3. The number of allylic oxidation sites excluding steroid dienone is 3. The minimum atomic E-state index is 0.931. The third-order valence-electron chi connectivity index (χ3n) is 1.97.